The number of anilines is 2. The fourth-order valence-corrected chi connectivity index (χ4v) is 4.33. The van der Waals surface area contributed by atoms with Crippen LogP contribution in [0.1, 0.15) is 34.8 Å². The van der Waals surface area contributed by atoms with E-state index in [-0.39, 0.29) is 30.5 Å². The maximum Gasteiger partial charge on any atom is 0.252 e. The standard InChI is InChI=1S/C27H30N4O6/c1-3-17-16(15-32)6-4-7-20(17)30-26-18-12-22(36-2)23(13-21(18)29-14-19(26)27(28)35)37-11-5-10-31-24(33)8-9-25(31)34/h4,6-9,12-14,32-34H,3,5,10-11,15H2,1-2H3,(H2,28,35)(H,29,30). The number of aliphatic hydroxyl groups is 1. The van der Waals surface area contributed by atoms with Crippen LogP contribution in [0.25, 0.3) is 10.9 Å². The number of pyridine rings is 1. The third-order valence-electron chi connectivity index (χ3n) is 6.19. The second-order valence-electron chi connectivity index (χ2n) is 8.41. The molecule has 0 radical (unpaired) electrons. The quantitative estimate of drug-likeness (QED) is 0.193. The molecule has 2 aromatic carbocycles. The Labute approximate surface area is 213 Å². The molecule has 0 saturated heterocycles. The van der Waals surface area contributed by atoms with Crippen molar-refractivity contribution < 1.29 is 29.6 Å². The Kier molecular flexibility index (Phi) is 7.69. The lowest BCUT2D eigenvalue weighted by Gasteiger charge is -2.19. The fourth-order valence-electron chi connectivity index (χ4n) is 4.33. The minimum atomic E-state index is -0.635. The van der Waals surface area contributed by atoms with E-state index in [1.54, 1.807) is 12.1 Å². The molecule has 2 heterocycles. The van der Waals surface area contributed by atoms with Gasteiger partial charge in [-0.2, -0.15) is 0 Å². The summed E-state index contributed by atoms with van der Waals surface area (Å²) in [5.41, 5.74) is 9.39. The minimum Gasteiger partial charge on any atom is -0.494 e. The molecule has 1 amide bonds. The van der Waals surface area contributed by atoms with Crippen LogP contribution in [0.15, 0.2) is 48.7 Å². The van der Waals surface area contributed by atoms with Crippen molar-refractivity contribution in [1.29, 1.82) is 0 Å². The van der Waals surface area contributed by atoms with Gasteiger partial charge in [0.15, 0.2) is 23.3 Å². The highest BCUT2D eigenvalue weighted by atomic mass is 16.5. The van der Waals surface area contributed by atoms with Crippen LogP contribution in [0.5, 0.6) is 23.3 Å². The number of primary amides is 1. The summed E-state index contributed by atoms with van der Waals surface area (Å²) >= 11 is 0. The Bertz CT molecular complexity index is 1410. The first kappa shape index (κ1) is 25.6. The number of carbonyl (C=O) groups excluding carboxylic acids is 1. The highest BCUT2D eigenvalue weighted by Gasteiger charge is 2.18. The molecule has 0 aliphatic heterocycles. The molecule has 0 saturated carbocycles. The van der Waals surface area contributed by atoms with Crippen LogP contribution in [-0.4, -0.2) is 44.5 Å². The number of benzene rings is 2. The number of carbonyl (C=O) groups is 1. The van der Waals surface area contributed by atoms with Gasteiger partial charge < -0.3 is 35.8 Å². The van der Waals surface area contributed by atoms with E-state index in [1.807, 2.05) is 25.1 Å². The van der Waals surface area contributed by atoms with Gasteiger partial charge in [-0.05, 0) is 36.1 Å². The summed E-state index contributed by atoms with van der Waals surface area (Å²) in [7, 11) is 1.52. The second kappa shape index (κ2) is 11.1. The first-order chi connectivity index (χ1) is 17.9. The van der Waals surface area contributed by atoms with Crippen molar-refractivity contribution in [3.8, 4) is 23.3 Å². The summed E-state index contributed by atoms with van der Waals surface area (Å²) in [6.07, 6.45) is 2.61. The predicted octanol–water partition coefficient (Wildman–Crippen LogP) is 3.82. The van der Waals surface area contributed by atoms with Crippen molar-refractivity contribution >= 4 is 28.2 Å². The zero-order chi connectivity index (χ0) is 26.5. The van der Waals surface area contributed by atoms with Gasteiger partial charge in [0.1, 0.15) is 0 Å². The van der Waals surface area contributed by atoms with E-state index < -0.39 is 5.91 Å². The molecule has 194 valence electrons. The maximum absolute atomic E-state index is 12.3. The smallest absolute Gasteiger partial charge is 0.252 e. The lowest BCUT2D eigenvalue weighted by Crippen LogP contribution is -2.15. The Morgan fingerprint density at radius 2 is 1.89 bits per heavy atom. The van der Waals surface area contributed by atoms with E-state index in [1.165, 1.54) is 30.0 Å². The SMILES string of the molecule is CCc1c(CO)cccc1Nc1c(C(N)=O)cnc2cc(OCCCn3c(O)ccc3O)c(OC)cc12. The van der Waals surface area contributed by atoms with Gasteiger partial charge in [0.25, 0.3) is 5.91 Å². The summed E-state index contributed by atoms with van der Waals surface area (Å²) in [5.74, 6) is 0.212. The molecule has 0 aliphatic carbocycles. The zero-order valence-corrected chi connectivity index (χ0v) is 20.7. The molecule has 4 rings (SSSR count). The largest absolute Gasteiger partial charge is 0.494 e. The topological polar surface area (TPSA) is 152 Å². The van der Waals surface area contributed by atoms with Crippen molar-refractivity contribution in [1.82, 2.24) is 9.55 Å². The van der Waals surface area contributed by atoms with Crippen molar-refractivity contribution in [2.75, 3.05) is 19.0 Å². The molecule has 6 N–H and O–H groups in total. The van der Waals surface area contributed by atoms with Gasteiger partial charge in [-0.15, -0.1) is 0 Å². The van der Waals surface area contributed by atoms with E-state index in [2.05, 4.69) is 10.3 Å². The molecule has 10 heteroatoms. The maximum atomic E-state index is 12.3. The molecule has 4 aromatic rings. The molecule has 0 atom stereocenters. The van der Waals surface area contributed by atoms with Gasteiger partial charge in [-0.25, -0.2) is 0 Å². The number of nitrogens with two attached hydrogens (primary N) is 1. The van der Waals surface area contributed by atoms with Crippen molar-refractivity contribution in [3.05, 3.63) is 65.4 Å². The summed E-state index contributed by atoms with van der Waals surface area (Å²) in [5, 5.41) is 33.3. The molecule has 0 aliphatic rings. The number of nitrogens with one attached hydrogen (secondary N) is 1. The molecule has 0 fully saturated rings. The van der Waals surface area contributed by atoms with Gasteiger partial charge in [0.2, 0.25) is 0 Å². The summed E-state index contributed by atoms with van der Waals surface area (Å²) < 4.78 is 12.9. The number of hydrogen-bond donors (Lipinski definition) is 5. The third-order valence-corrected chi connectivity index (χ3v) is 6.19. The number of rotatable bonds is 11. The van der Waals surface area contributed by atoms with E-state index in [0.29, 0.717) is 47.5 Å². The molecular weight excluding hydrogens is 476 g/mol. The monoisotopic (exact) mass is 506 g/mol. The average molecular weight is 507 g/mol. The molecule has 0 spiro atoms. The Morgan fingerprint density at radius 1 is 1.14 bits per heavy atom. The van der Waals surface area contributed by atoms with Crippen LogP contribution in [0.4, 0.5) is 11.4 Å². The van der Waals surface area contributed by atoms with Crippen LogP contribution < -0.4 is 20.5 Å². The van der Waals surface area contributed by atoms with Gasteiger partial charge in [-0.1, -0.05) is 19.1 Å². The number of nitrogens with zero attached hydrogens (tertiary/aromatic N) is 2. The molecule has 2 aromatic heterocycles. The first-order valence-corrected chi connectivity index (χ1v) is 11.9. The highest BCUT2D eigenvalue weighted by Crippen LogP contribution is 2.38. The van der Waals surface area contributed by atoms with E-state index >= 15 is 0 Å². The van der Waals surface area contributed by atoms with Crippen LogP contribution in [0.2, 0.25) is 0 Å². The molecule has 10 nitrogen and oxygen atoms in total. The lowest BCUT2D eigenvalue weighted by atomic mass is 10.0. The van der Waals surface area contributed by atoms with Gasteiger partial charge in [0, 0.05) is 42.0 Å². The predicted molar refractivity (Wildman–Crippen MR) is 140 cm³/mol. The van der Waals surface area contributed by atoms with Crippen LogP contribution in [0.3, 0.4) is 0 Å². The second-order valence-corrected chi connectivity index (χ2v) is 8.41. The van der Waals surface area contributed by atoms with E-state index in [9.17, 15) is 20.1 Å². The molecule has 37 heavy (non-hydrogen) atoms. The Balaban J connectivity index is 1.67. The number of aromatic nitrogens is 2. The highest BCUT2D eigenvalue weighted by molar-refractivity contribution is 6.08. The number of hydrogen-bond acceptors (Lipinski definition) is 8. The summed E-state index contributed by atoms with van der Waals surface area (Å²) in [4.78, 5) is 16.7. The van der Waals surface area contributed by atoms with E-state index in [0.717, 1.165) is 16.8 Å². The van der Waals surface area contributed by atoms with Crippen molar-refractivity contribution in [3.63, 3.8) is 0 Å². The van der Waals surface area contributed by atoms with Crippen molar-refractivity contribution in [2.24, 2.45) is 5.73 Å². The fraction of sp³-hybridized carbons (Fsp3) is 0.259. The number of fused-ring (bicyclic) bond motifs is 1. The van der Waals surface area contributed by atoms with Gasteiger partial charge >= 0.3 is 0 Å². The zero-order valence-electron chi connectivity index (χ0n) is 20.7. The van der Waals surface area contributed by atoms with Gasteiger partial charge in [-0.3, -0.25) is 14.3 Å². The number of aliphatic hydroxyl groups excluding tert-OH is 1. The van der Waals surface area contributed by atoms with Crippen LogP contribution >= 0.6 is 0 Å². The molecular formula is C27H30N4O6. The first-order valence-electron chi connectivity index (χ1n) is 11.9. The molecule has 0 bridgehead atoms. The van der Waals surface area contributed by atoms with E-state index in [4.69, 9.17) is 15.2 Å². The normalized spacial score (nSPS) is 11.0. The Morgan fingerprint density at radius 3 is 2.54 bits per heavy atom. The lowest BCUT2D eigenvalue weighted by molar-refractivity contribution is 0.100. The van der Waals surface area contributed by atoms with Crippen molar-refractivity contribution in [2.45, 2.75) is 32.9 Å². The number of ether oxygens (including phenoxy) is 2. The minimum absolute atomic E-state index is 0.0222. The number of methoxy groups -OCH3 is 1. The van der Waals surface area contributed by atoms with Gasteiger partial charge in [0.05, 0.1) is 37.1 Å². The van der Waals surface area contributed by atoms with Crippen LogP contribution in [0, 0.1) is 0 Å². The van der Waals surface area contributed by atoms with Crippen LogP contribution in [-0.2, 0) is 19.6 Å². The number of aromatic hydroxyl groups is 2. The summed E-state index contributed by atoms with van der Waals surface area (Å²) in [6.45, 7) is 2.54. The number of amides is 1. The summed E-state index contributed by atoms with van der Waals surface area (Å²) in [6, 6.07) is 11.9. The third kappa shape index (κ3) is 5.24. The molecule has 0 unspecified atom stereocenters. The average Bonchev–Trinajstić information content (AvgIpc) is 3.22. The Hall–Kier alpha value is -4.44.